The summed E-state index contributed by atoms with van der Waals surface area (Å²) in [5.74, 6) is 0. The quantitative estimate of drug-likeness (QED) is 0.787. The number of hydrogen-bond donors (Lipinski definition) is 2. The first-order valence-corrected chi connectivity index (χ1v) is 5.79. The van der Waals surface area contributed by atoms with Gasteiger partial charge in [-0.25, -0.2) is 0 Å². The highest BCUT2D eigenvalue weighted by Gasteiger charge is 1.94. The standard InChI is InChI=1S/C14H16N4/c1-15-11-5-3-7-13(9-11)17-18-14-8-4-6-12(10-14)16-2/h3-10,15-16H,1-2H3/b18-17+. The number of azo groups is 1. The van der Waals surface area contributed by atoms with E-state index in [1.54, 1.807) is 0 Å². The molecule has 0 bridgehead atoms. The Kier molecular flexibility index (Phi) is 3.91. The van der Waals surface area contributed by atoms with Crippen LogP contribution < -0.4 is 10.6 Å². The first kappa shape index (κ1) is 12.1. The second-order valence-electron chi connectivity index (χ2n) is 3.80. The molecule has 0 saturated carbocycles. The van der Waals surface area contributed by atoms with Crippen LogP contribution in [0, 0.1) is 0 Å². The van der Waals surface area contributed by atoms with Gasteiger partial charge in [-0.15, -0.1) is 0 Å². The highest BCUT2D eigenvalue weighted by Crippen LogP contribution is 2.22. The number of nitrogens with zero attached hydrogens (tertiary/aromatic N) is 2. The van der Waals surface area contributed by atoms with Crippen molar-refractivity contribution in [3.8, 4) is 0 Å². The fourth-order valence-corrected chi connectivity index (χ4v) is 1.56. The van der Waals surface area contributed by atoms with E-state index in [1.807, 2.05) is 62.6 Å². The van der Waals surface area contributed by atoms with E-state index in [4.69, 9.17) is 0 Å². The van der Waals surface area contributed by atoms with Crippen molar-refractivity contribution in [2.45, 2.75) is 0 Å². The third kappa shape index (κ3) is 3.07. The minimum absolute atomic E-state index is 0.830. The average Bonchev–Trinajstić information content (AvgIpc) is 2.45. The van der Waals surface area contributed by atoms with E-state index in [1.165, 1.54) is 0 Å². The lowest BCUT2D eigenvalue weighted by Gasteiger charge is -2.01. The Morgan fingerprint density at radius 1 is 0.722 bits per heavy atom. The molecule has 0 radical (unpaired) electrons. The lowest BCUT2D eigenvalue weighted by atomic mass is 10.3. The van der Waals surface area contributed by atoms with Crippen LogP contribution in [0.3, 0.4) is 0 Å². The van der Waals surface area contributed by atoms with Gasteiger partial charge in [0.25, 0.3) is 0 Å². The summed E-state index contributed by atoms with van der Waals surface area (Å²) in [6.45, 7) is 0. The summed E-state index contributed by atoms with van der Waals surface area (Å²) < 4.78 is 0. The summed E-state index contributed by atoms with van der Waals surface area (Å²) >= 11 is 0. The van der Waals surface area contributed by atoms with Crippen LogP contribution in [-0.4, -0.2) is 14.1 Å². The summed E-state index contributed by atoms with van der Waals surface area (Å²) in [7, 11) is 3.76. The van der Waals surface area contributed by atoms with Crippen molar-refractivity contribution in [2.75, 3.05) is 24.7 Å². The van der Waals surface area contributed by atoms with Crippen LogP contribution in [0.2, 0.25) is 0 Å². The molecule has 92 valence electrons. The predicted octanol–water partition coefficient (Wildman–Crippen LogP) is 4.19. The van der Waals surface area contributed by atoms with Crippen molar-refractivity contribution >= 4 is 22.7 Å². The van der Waals surface area contributed by atoms with Crippen LogP contribution in [0.25, 0.3) is 0 Å². The van der Waals surface area contributed by atoms with E-state index in [0.717, 1.165) is 22.7 Å². The van der Waals surface area contributed by atoms with Crippen LogP contribution in [0.5, 0.6) is 0 Å². The Bertz CT molecular complexity index is 499. The van der Waals surface area contributed by atoms with Crippen LogP contribution in [0.1, 0.15) is 0 Å². The number of nitrogens with one attached hydrogen (secondary N) is 2. The van der Waals surface area contributed by atoms with E-state index in [-0.39, 0.29) is 0 Å². The molecule has 18 heavy (non-hydrogen) atoms. The van der Waals surface area contributed by atoms with Gasteiger partial charge in [0.05, 0.1) is 11.4 Å². The van der Waals surface area contributed by atoms with Gasteiger partial charge in [0.1, 0.15) is 0 Å². The summed E-state index contributed by atoms with van der Waals surface area (Å²) in [6.07, 6.45) is 0. The summed E-state index contributed by atoms with van der Waals surface area (Å²) in [5.41, 5.74) is 3.71. The molecule has 0 spiro atoms. The molecule has 0 aromatic heterocycles. The zero-order valence-corrected chi connectivity index (χ0v) is 10.5. The molecule has 0 saturated heterocycles. The van der Waals surface area contributed by atoms with Gasteiger partial charge in [-0.05, 0) is 36.4 Å². The highest BCUT2D eigenvalue weighted by atomic mass is 15.1. The highest BCUT2D eigenvalue weighted by molar-refractivity contribution is 5.55. The molecular formula is C14H16N4. The fourth-order valence-electron chi connectivity index (χ4n) is 1.56. The van der Waals surface area contributed by atoms with Gasteiger partial charge < -0.3 is 10.6 Å². The zero-order valence-electron chi connectivity index (χ0n) is 10.5. The summed E-state index contributed by atoms with van der Waals surface area (Å²) in [6, 6.07) is 15.6. The van der Waals surface area contributed by atoms with Gasteiger partial charge in [0.2, 0.25) is 0 Å². The topological polar surface area (TPSA) is 48.8 Å². The Balaban J connectivity index is 2.18. The van der Waals surface area contributed by atoms with Gasteiger partial charge in [-0.1, -0.05) is 12.1 Å². The smallest absolute Gasteiger partial charge is 0.0877 e. The van der Waals surface area contributed by atoms with Crippen molar-refractivity contribution < 1.29 is 0 Å². The molecule has 2 aromatic rings. The molecule has 0 aliphatic rings. The molecule has 0 heterocycles. The average molecular weight is 240 g/mol. The van der Waals surface area contributed by atoms with Crippen molar-refractivity contribution in [3.05, 3.63) is 48.5 Å². The molecule has 4 heteroatoms. The van der Waals surface area contributed by atoms with E-state index < -0.39 is 0 Å². The minimum atomic E-state index is 0.830. The minimum Gasteiger partial charge on any atom is -0.388 e. The molecule has 0 aliphatic carbocycles. The molecule has 0 fully saturated rings. The van der Waals surface area contributed by atoms with E-state index >= 15 is 0 Å². The van der Waals surface area contributed by atoms with Crippen molar-refractivity contribution in [2.24, 2.45) is 10.2 Å². The Morgan fingerprint density at radius 2 is 1.17 bits per heavy atom. The molecule has 0 unspecified atom stereocenters. The fraction of sp³-hybridized carbons (Fsp3) is 0.143. The van der Waals surface area contributed by atoms with Gasteiger partial charge in [0.15, 0.2) is 0 Å². The molecule has 0 atom stereocenters. The van der Waals surface area contributed by atoms with Gasteiger partial charge in [-0.2, -0.15) is 10.2 Å². The molecular weight excluding hydrogens is 224 g/mol. The summed E-state index contributed by atoms with van der Waals surface area (Å²) in [5, 5.41) is 14.6. The number of rotatable bonds is 4. The molecule has 0 aliphatic heterocycles. The molecule has 4 nitrogen and oxygen atoms in total. The Labute approximate surface area is 107 Å². The molecule has 0 amide bonds. The SMILES string of the molecule is CNc1cccc(/N=N/c2cccc(NC)c2)c1. The molecule has 2 N–H and O–H groups in total. The lowest BCUT2D eigenvalue weighted by Crippen LogP contribution is -1.85. The van der Waals surface area contributed by atoms with Crippen molar-refractivity contribution in [3.63, 3.8) is 0 Å². The largest absolute Gasteiger partial charge is 0.388 e. The normalized spacial score (nSPS) is 10.6. The van der Waals surface area contributed by atoms with Gasteiger partial charge >= 0.3 is 0 Å². The first-order valence-electron chi connectivity index (χ1n) is 5.79. The van der Waals surface area contributed by atoms with E-state index in [0.29, 0.717) is 0 Å². The predicted molar refractivity (Wildman–Crippen MR) is 76.2 cm³/mol. The van der Waals surface area contributed by atoms with Crippen molar-refractivity contribution in [1.29, 1.82) is 0 Å². The maximum atomic E-state index is 4.22. The molecule has 2 aromatic carbocycles. The number of benzene rings is 2. The van der Waals surface area contributed by atoms with Gasteiger partial charge in [0, 0.05) is 25.5 Å². The maximum absolute atomic E-state index is 4.22. The van der Waals surface area contributed by atoms with Gasteiger partial charge in [-0.3, -0.25) is 0 Å². The van der Waals surface area contributed by atoms with Crippen LogP contribution in [0.4, 0.5) is 22.7 Å². The first-order chi connectivity index (χ1) is 8.81. The lowest BCUT2D eigenvalue weighted by molar-refractivity contribution is 1.23. The third-order valence-corrected chi connectivity index (χ3v) is 2.55. The van der Waals surface area contributed by atoms with E-state index in [2.05, 4.69) is 20.9 Å². The second kappa shape index (κ2) is 5.82. The zero-order chi connectivity index (χ0) is 12.8. The monoisotopic (exact) mass is 240 g/mol. The molecule has 2 rings (SSSR count). The van der Waals surface area contributed by atoms with Crippen LogP contribution in [-0.2, 0) is 0 Å². The second-order valence-corrected chi connectivity index (χ2v) is 3.80. The van der Waals surface area contributed by atoms with Crippen LogP contribution >= 0.6 is 0 Å². The third-order valence-electron chi connectivity index (χ3n) is 2.55. The van der Waals surface area contributed by atoms with Crippen molar-refractivity contribution in [1.82, 2.24) is 0 Å². The maximum Gasteiger partial charge on any atom is 0.0877 e. The Morgan fingerprint density at radius 3 is 1.56 bits per heavy atom. The number of anilines is 2. The Hall–Kier alpha value is -2.36. The summed E-state index contributed by atoms with van der Waals surface area (Å²) in [4.78, 5) is 0. The van der Waals surface area contributed by atoms with Crippen LogP contribution in [0.15, 0.2) is 58.8 Å². The number of hydrogen-bond acceptors (Lipinski definition) is 4. The van der Waals surface area contributed by atoms with E-state index in [9.17, 15) is 0 Å².